The van der Waals surface area contributed by atoms with Crippen LogP contribution in [0.5, 0.6) is 11.5 Å². The average molecular weight is 424 g/mol. The number of benzene rings is 2. The van der Waals surface area contributed by atoms with Crippen LogP contribution >= 0.6 is 0 Å². The highest BCUT2D eigenvalue weighted by molar-refractivity contribution is 6.27. The Kier molecular flexibility index (Phi) is 5.38. The third kappa shape index (κ3) is 3.13. The summed E-state index contributed by atoms with van der Waals surface area (Å²) in [6.45, 7) is -1.23. The van der Waals surface area contributed by atoms with Crippen molar-refractivity contribution in [2.24, 2.45) is 4.99 Å². The zero-order valence-electron chi connectivity index (χ0n) is 17.5. The molecule has 9 nitrogen and oxygen atoms in total. The Bertz CT molecular complexity index is 1100. The van der Waals surface area contributed by atoms with Crippen molar-refractivity contribution in [3.63, 3.8) is 0 Å². The monoisotopic (exact) mass is 424 g/mol. The van der Waals surface area contributed by atoms with E-state index in [4.69, 9.17) is 9.47 Å². The molecule has 3 N–H and O–H groups in total. The van der Waals surface area contributed by atoms with Crippen molar-refractivity contribution in [1.29, 1.82) is 0 Å². The minimum atomic E-state index is -1.63. The number of carbonyl (C=O) groups is 1. The Hall–Kier alpha value is -3.43. The summed E-state index contributed by atoms with van der Waals surface area (Å²) >= 11 is 0. The topological polar surface area (TPSA) is 120 Å². The van der Waals surface area contributed by atoms with E-state index in [0.717, 1.165) is 5.52 Å². The number of aliphatic hydroxyl groups is 2. The molecule has 0 amide bonds. The summed E-state index contributed by atoms with van der Waals surface area (Å²) in [6.07, 6.45) is 0. The summed E-state index contributed by atoms with van der Waals surface area (Å²) < 4.78 is 10.7. The van der Waals surface area contributed by atoms with Crippen LogP contribution in [0.3, 0.4) is 0 Å². The van der Waals surface area contributed by atoms with E-state index in [9.17, 15) is 15.0 Å². The highest BCUT2D eigenvalue weighted by Crippen LogP contribution is 2.42. The summed E-state index contributed by atoms with van der Waals surface area (Å²) in [5.41, 5.74) is 0.351. The van der Waals surface area contributed by atoms with E-state index in [1.165, 1.54) is 14.2 Å². The van der Waals surface area contributed by atoms with Crippen LogP contribution < -0.4 is 14.4 Å². The van der Waals surface area contributed by atoms with Crippen LogP contribution in [0.25, 0.3) is 11.0 Å². The lowest BCUT2D eigenvalue weighted by Crippen LogP contribution is -2.56. The minimum absolute atomic E-state index is 0.350. The van der Waals surface area contributed by atoms with Gasteiger partial charge in [-0.05, 0) is 12.1 Å². The Morgan fingerprint density at radius 2 is 1.77 bits per heavy atom. The highest BCUT2D eigenvalue weighted by Gasteiger charge is 2.58. The number of aromatic amines is 1. The van der Waals surface area contributed by atoms with Gasteiger partial charge in [0.15, 0.2) is 11.3 Å². The van der Waals surface area contributed by atoms with E-state index >= 15 is 0 Å². The number of ether oxygens (including phenoxy) is 2. The number of hydrogen-bond acceptors (Lipinski definition) is 7. The lowest BCUT2D eigenvalue weighted by atomic mass is 9.91. The summed E-state index contributed by atoms with van der Waals surface area (Å²) in [5.74, 6) is 0.439. The van der Waals surface area contributed by atoms with E-state index < -0.39 is 30.5 Å². The van der Waals surface area contributed by atoms with E-state index in [2.05, 4.69) is 15.0 Å². The fourth-order valence-corrected chi connectivity index (χ4v) is 4.08. The summed E-state index contributed by atoms with van der Waals surface area (Å²) in [7, 11) is 4.60. The number of anilines is 1. The van der Waals surface area contributed by atoms with Crippen LogP contribution in [0.2, 0.25) is 0 Å². The van der Waals surface area contributed by atoms with Crippen molar-refractivity contribution in [3.05, 3.63) is 48.3 Å². The molecule has 1 fully saturated rings. The summed E-state index contributed by atoms with van der Waals surface area (Å²) in [5, 5.41) is 20.6. The van der Waals surface area contributed by atoms with E-state index in [1.807, 2.05) is 24.3 Å². The maximum Gasteiger partial charge on any atom is 0.181 e. The van der Waals surface area contributed by atoms with Gasteiger partial charge in [-0.3, -0.25) is 9.79 Å². The molecule has 2 aromatic carbocycles. The van der Waals surface area contributed by atoms with Crippen LogP contribution in [-0.4, -0.2) is 71.8 Å². The third-order valence-electron chi connectivity index (χ3n) is 5.66. The average Bonchev–Trinajstić information content (AvgIpc) is 3.34. The van der Waals surface area contributed by atoms with Crippen LogP contribution in [-0.2, 0) is 4.79 Å². The Morgan fingerprint density at radius 1 is 1.13 bits per heavy atom. The molecule has 1 atom stereocenters. The van der Waals surface area contributed by atoms with Gasteiger partial charge in [-0.1, -0.05) is 12.1 Å². The largest absolute Gasteiger partial charge is 0.497 e. The number of nitrogens with one attached hydrogen (secondary N) is 1. The number of carbonyl (C=O) groups excluding carboxylic acids is 1. The van der Waals surface area contributed by atoms with Gasteiger partial charge in [0.25, 0.3) is 0 Å². The third-order valence-corrected chi connectivity index (χ3v) is 5.66. The molecule has 1 unspecified atom stereocenters. The fourth-order valence-electron chi connectivity index (χ4n) is 4.08. The predicted octanol–water partition coefficient (Wildman–Crippen LogP) is 1.50. The second-order valence-corrected chi connectivity index (χ2v) is 7.27. The van der Waals surface area contributed by atoms with Crippen LogP contribution in [0.15, 0.2) is 47.5 Å². The smallest absolute Gasteiger partial charge is 0.181 e. The molecule has 0 spiro atoms. The first-order valence-electron chi connectivity index (χ1n) is 9.73. The van der Waals surface area contributed by atoms with Crippen molar-refractivity contribution in [1.82, 2.24) is 9.97 Å². The predicted molar refractivity (Wildman–Crippen MR) is 116 cm³/mol. The molecule has 1 aromatic heterocycles. The van der Waals surface area contributed by atoms with Gasteiger partial charge in [0.2, 0.25) is 0 Å². The molecule has 0 saturated carbocycles. The molecule has 31 heavy (non-hydrogen) atoms. The van der Waals surface area contributed by atoms with Crippen LogP contribution in [0, 0.1) is 0 Å². The van der Waals surface area contributed by atoms with Crippen molar-refractivity contribution >= 4 is 28.3 Å². The van der Waals surface area contributed by atoms with Gasteiger partial charge in [-0.25, -0.2) is 4.98 Å². The van der Waals surface area contributed by atoms with E-state index in [0.29, 0.717) is 34.4 Å². The number of imidazole rings is 1. The number of nitrogens with zero attached hydrogens (tertiary/aromatic N) is 3. The number of methoxy groups -OCH3 is 2. The first-order chi connectivity index (χ1) is 15.0. The fraction of sp³-hybridized carbons (Fsp3) is 0.318. The molecule has 2 heterocycles. The number of hydrogen-bond donors (Lipinski definition) is 3. The van der Waals surface area contributed by atoms with Gasteiger partial charge < -0.3 is 29.6 Å². The number of aliphatic hydroxyl groups excluding tert-OH is 2. The molecular formula is C22H24N4O5. The molecule has 4 rings (SSSR count). The molecule has 0 radical (unpaired) electrons. The molecule has 0 bridgehead atoms. The van der Waals surface area contributed by atoms with Gasteiger partial charge in [0.1, 0.15) is 29.1 Å². The standard InChI is InChI=1S/C22H24N4O5/c1-23-21-18(20-24-16-6-4-5-7-17(16)25-20)19(29)22(11-27,12-28)26(21)13-8-14(30-2)10-15(9-13)31-3/h4-10,18,27-28H,11-12H2,1-3H3,(H,24,25). The van der Waals surface area contributed by atoms with Gasteiger partial charge in [0, 0.05) is 25.2 Å². The maximum absolute atomic E-state index is 13.7. The van der Waals surface area contributed by atoms with Crippen LogP contribution in [0.4, 0.5) is 5.69 Å². The quantitative estimate of drug-likeness (QED) is 0.548. The number of aromatic nitrogens is 2. The van der Waals surface area contributed by atoms with Gasteiger partial charge in [-0.15, -0.1) is 0 Å². The number of para-hydroxylation sites is 2. The zero-order valence-corrected chi connectivity index (χ0v) is 17.5. The van der Waals surface area contributed by atoms with E-state index in [-0.39, 0.29) is 0 Å². The van der Waals surface area contributed by atoms with Crippen molar-refractivity contribution in [2.75, 3.05) is 39.4 Å². The second-order valence-electron chi connectivity index (χ2n) is 7.27. The second kappa shape index (κ2) is 8.01. The van der Waals surface area contributed by atoms with Gasteiger partial charge >= 0.3 is 0 Å². The number of amidine groups is 1. The SMILES string of the molecule is CN=C1C(c2nc3ccccc3[nH]2)C(=O)C(CO)(CO)N1c1cc(OC)cc(OC)c1. The Labute approximate surface area is 179 Å². The summed E-state index contributed by atoms with van der Waals surface area (Å²) in [6, 6.07) is 12.5. The number of Topliss-reactive ketones (excluding diaryl/α,β-unsaturated/α-hetero) is 1. The van der Waals surface area contributed by atoms with Gasteiger partial charge in [0.05, 0.1) is 44.2 Å². The number of H-pyrrole nitrogens is 1. The molecule has 1 saturated heterocycles. The lowest BCUT2D eigenvalue weighted by molar-refractivity contribution is -0.125. The maximum atomic E-state index is 13.7. The molecule has 9 heteroatoms. The Balaban J connectivity index is 1.92. The van der Waals surface area contributed by atoms with Crippen molar-refractivity contribution < 1.29 is 24.5 Å². The molecule has 1 aliphatic heterocycles. The molecule has 162 valence electrons. The number of ketones is 1. The minimum Gasteiger partial charge on any atom is -0.497 e. The van der Waals surface area contributed by atoms with E-state index in [1.54, 1.807) is 30.1 Å². The number of fused-ring (bicyclic) bond motifs is 1. The van der Waals surface area contributed by atoms with Gasteiger partial charge in [-0.2, -0.15) is 0 Å². The van der Waals surface area contributed by atoms with Crippen molar-refractivity contribution in [2.45, 2.75) is 11.5 Å². The lowest BCUT2D eigenvalue weighted by Gasteiger charge is -2.35. The van der Waals surface area contributed by atoms with Crippen molar-refractivity contribution in [3.8, 4) is 11.5 Å². The Morgan fingerprint density at radius 3 is 2.32 bits per heavy atom. The van der Waals surface area contributed by atoms with Crippen LogP contribution in [0.1, 0.15) is 11.7 Å². The number of rotatable bonds is 6. The molecule has 3 aromatic rings. The molecular weight excluding hydrogens is 400 g/mol. The molecule has 1 aliphatic rings. The molecule has 0 aliphatic carbocycles. The summed E-state index contributed by atoms with van der Waals surface area (Å²) in [4.78, 5) is 27.4. The normalized spacial score (nSPS) is 19.4. The zero-order chi connectivity index (χ0) is 22.2. The first kappa shape index (κ1) is 20.8. The first-order valence-corrected chi connectivity index (χ1v) is 9.73. The highest BCUT2D eigenvalue weighted by atomic mass is 16.5. The number of aliphatic imine (C=N–C) groups is 1.